The molecule has 0 spiro atoms. The van der Waals surface area contributed by atoms with Gasteiger partial charge in [0.1, 0.15) is 5.82 Å². The number of hydrogen-bond donors (Lipinski definition) is 0. The molecule has 1 aromatic heterocycles. The third kappa shape index (κ3) is 3.63. The topological polar surface area (TPSA) is 73.8 Å². The number of anilines is 1. The third-order valence-electron chi connectivity index (χ3n) is 6.67. The number of amides is 3. The Kier molecular flexibility index (Phi) is 5.32. The highest BCUT2D eigenvalue weighted by Crippen LogP contribution is 2.27. The number of rotatable bonds is 4. The molecule has 33 heavy (non-hydrogen) atoms. The molecule has 2 aliphatic rings. The number of hydrogen-bond acceptors (Lipinski definition) is 5. The van der Waals surface area contributed by atoms with Crippen molar-refractivity contribution in [2.75, 3.05) is 31.1 Å². The van der Waals surface area contributed by atoms with Crippen LogP contribution in [0.25, 0.3) is 10.9 Å². The minimum atomic E-state index is -0.314. The predicted octanol–water partition coefficient (Wildman–Crippen LogP) is 3.59. The van der Waals surface area contributed by atoms with Crippen LogP contribution in [0.3, 0.4) is 0 Å². The van der Waals surface area contributed by atoms with Crippen LogP contribution in [-0.4, -0.2) is 64.7 Å². The number of piperazine rings is 1. The molecule has 0 aliphatic carbocycles. The number of pyridine rings is 1. The number of carbonyl (C=O) groups is 3. The minimum Gasteiger partial charge on any atom is -0.353 e. The lowest BCUT2D eigenvalue weighted by Gasteiger charge is -2.35. The van der Waals surface area contributed by atoms with E-state index in [1.165, 1.54) is 4.90 Å². The Morgan fingerprint density at radius 2 is 1.67 bits per heavy atom. The zero-order valence-corrected chi connectivity index (χ0v) is 18.8. The van der Waals surface area contributed by atoms with Gasteiger partial charge in [-0.3, -0.25) is 19.3 Å². The lowest BCUT2D eigenvalue weighted by molar-refractivity contribution is 0.0593. The van der Waals surface area contributed by atoms with Crippen molar-refractivity contribution in [2.24, 2.45) is 0 Å². The summed E-state index contributed by atoms with van der Waals surface area (Å²) in [4.78, 5) is 48.7. The molecule has 2 aromatic carbocycles. The molecule has 0 bridgehead atoms. The first kappa shape index (κ1) is 21.1. The van der Waals surface area contributed by atoms with Gasteiger partial charge in [-0.2, -0.15) is 0 Å². The van der Waals surface area contributed by atoms with Gasteiger partial charge in [0.05, 0.1) is 16.6 Å². The first-order valence-electron chi connectivity index (χ1n) is 11.4. The van der Waals surface area contributed by atoms with E-state index >= 15 is 0 Å². The van der Waals surface area contributed by atoms with Gasteiger partial charge in [0, 0.05) is 43.2 Å². The second kappa shape index (κ2) is 8.31. The smallest absolute Gasteiger partial charge is 0.261 e. The van der Waals surface area contributed by atoms with E-state index in [4.69, 9.17) is 4.98 Å². The number of carbonyl (C=O) groups excluding carboxylic acids is 3. The fourth-order valence-electron chi connectivity index (χ4n) is 4.53. The Hall–Kier alpha value is -3.74. The lowest BCUT2D eigenvalue weighted by Crippen LogP contribution is -2.49. The summed E-state index contributed by atoms with van der Waals surface area (Å²) in [6.07, 6.45) is 0.688. The van der Waals surface area contributed by atoms with Crippen molar-refractivity contribution in [3.05, 3.63) is 71.3 Å². The number of nitrogens with zero attached hydrogens (tertiary/aromatic N) is 4. The fraction of sp³-hybridized carbons (Fsp3) is 0.308. The standard InChI is InChI=1S/C26H26N4O3/c1-3-17(2)30-25(32)20-10-8-19(16-21(20)26(30)33)24(31)29-14-12-28(13-15-29)23-11-9-18-6-4-5-7-22(18)27-23/h4-11,16-17H,3,12-15H2,1-2H3. The molecule has 168 valence electrons. The van der Waals surface area contributed by atoms with Crippen LogP contribution < -0.4 is 4.90 Å². The Labute approximate surface area is 192 Å². The van der Waals surface area contributed by atoms with Gasteiger partial charge in [-0.15, -0.1) is 0 Å². The largest absolute Gasteiger partial charge is 0.353 e. The number of benzene rings is 2. The molecule has 7 heteroatoms. The summed E-state index contributed by atoms with van der Waals surface area (Å²) in [6.45, 7) is 6.29. The summed E-state index contributed by atoms with van der Waals surface area (Å²) in [7, 11) is 0. The summed E-state index contributed by atoms with van der Waals surface area (Å²) >= 11 is 0. The fourth-order valence-corrected chi connectivity index (χ4v) is 4.53. The first-order chi connectivity index (χ1) is 16.0. The van der Waals surface area contributed by atoms with Gasteiger partial charge in [-0.25, -0.2) is 4.98 Å². The Bertz CT molecular complexity index is 1260. The lowest BCUT2D eigenvalue weighted by atomic mass is 10.0. The van der Waals surface area contributed by atoms with E-state index in [0.717, 1.165) is 16.7 Å². The van der Waals surface area contributed by atoms with E-state index < -0.39 is 0 Å². The Balaban J connectivity index is 1.29. The summed E-state index contributed by atoms with van der Waals surface area (Å²) in [5.41, 5.74) is 2.10. The van der Waals surface area contributed by atoms with E-state index in [9.17, 15) is 14.4 Å². The maximum Gasteiger partial charge on any atom is 0.261 e. The van der Waals surface area contributed by atoms with Crippen molar-refractivity contribution in [1.82, 2.24) is 14.8 Å². The monoisotopic (exact) mass is 442 g/mol. The van der Waals surface area contributed by atoms with Crippen LogP contribution >= 0.6 is 0 Å². The molecule has 1 fully saturated rings. The SMILES string of the molecule is CCC(C)N1C(=O)c2ccc(C(=O)N3CCN(c4ccc5ccccc5n4)CC3)cc2C1=O. The van der Waals surface area contributed by atoms with Crippen molar-refractivity contribution in [1.29, 1.82) is 0 Å². The summed E-state index contributed by atoms with van der Waals surface area (Å²) in [5, 5.41) is 1.10. The average molecular weight is 443 g/mol. The summed E-state index contributed by atoms with van der Waals surface area (Å²) in [6, 6.07) is 16.8. The molecule has 1 atom stereocenters. The maximum atomic E-state index is 13.2. The molecule has 3 heterocycles. The zero-order valence-electron chi connectivity index (χ0n) is 18.8. The van der Waals surface area contributed by atoms with Crippen LogP contribution in [0.2, 0.25) is 0 Å². The van der Waals surface area contributed by atoms with E-state index in [0.29, 0.717) is 49.3 Å². The zero-order chi connectivity index (χ0) is 23.1. The molecular weight excluding hydrogens is 416 g/mol. The number of para-hydroxylation sites is 1. The highest BCUT2D eigenvalue weighted by atomic mass is 16.2. The van der Waals surface area contributed by atoms with Gasteiger partial charge < -0.3 is 9.80 Å². The van der Waals surface area contributed by atoms with E-state index in [1.807, 2.05) is 44.2 Å². The second-order valence-corrected chi connectivity index (χ2v) is 8.64. The molecule has 0 N–H and O–H groups in total. The molecule has 3 amide bonds. The Morgan fingerprint density at radius 1 is 0.939 bits per heavy atom. The van der Waals surface area contributed by atoms with Crippen molar-refractivity contribution in [2.45, 2.75) is 26.3 Å². The molecule has 0 saturated carbocycles. The summed E-state index contributed by atoms with van der Waals surface area (Å²) < 4.78 is 0. The molecule has 7 nitrogen and oxygen atoms in total. The minimum absolute atomic E-state index is 0.119. The Morgan fingerprint density at radius 3 is 2.42 bits per heavy atom. The maximum absolute atomic E-state index is 13.2. The molecular formula is C26H26N4O3. The van der Waals surface area contributed by atoms with Crippen molar-refractivity contribution < 1.29 is 14.4 Å². The molecule has 5 rings (SSSR count). The summed E-state index contributed by atoms with van der Waals surface area (Å²) in [5.74, 6) is 0.199. The normalized spacial score (nSPS) is 17.0. The van der Waals surface area contributed by atoms with Gasteiger partial charge >= 0.3 is 0 Å². The molecule has 3 aromatic rings. The second-order valence-electron chi connectivity index (χ2n) is 8.64. The molecule has 0 radical (unpaired) electrons. The highest BCUT2D eigenvalue weighted by molar-refractivity contribution is 6.22. The van der Waals surface area contributed by atoms with Crippen LogP contribution in [0, 0.1) is 0 Å². The van der Waals surface area contributed by atoms with Crippen LogP contribution in [-0.2, 0) is 0 Å². The van der Waals surface area contributed by atoms with E-state index in [2.05, 4.69) is 11.0 Å². The van der Waals surface area contributed by atoms with Gasteiger partial charge in [0.2, 0.25) is 0 Å². The first-order valence-corrected chi connectivity index (χ1v) is 11.4. The van der Waals surface area contributed by atoms with Gasteiger partial charge in [0.15, 0.2) is 0 Å². The van der Waals surface area contributed by atoms with E-state index in [1.54, 1.807) is 23.1 Å². The van der Waals surface area contributed by atoms with E-state index in [-0.39, 0.29) is 23.8 Å². The van der Waals surface area contributed by atoms with Crippen LogP contribution in [0.5, 0.6) is 0 Å². The molecule has 1 saturated heterocycles. The van der Waals surface area contributed by atoms with Gasteiger partial charge in [-0.05, 0) is 49.7 Å². The van der Waals surface area contributed by atoms with Gasteiger partial charge in [0.25, 0.3) is 17.7 Å². The van der Waals surface area contributed by atoms with Crippen LogP contribution in [0.4, 0.5) is 5.82 Å². The number of aromatic nitrogens is 1. The average Bonchev–Trinajstić information content (AvgIpc) is 3.12. The van der Waals surface area contributed by atoms with Crippen molar-refractivity contribution in [3.8, 4) is 0 Å². The number of fused-ring (bicyclic) bond motifs is 2. The number of imide groups is 1. The van der Waals surface area contributed by atoms with Crippen LogP contribution in [0.15, 0.2) is 54.6 Å². The molecule has 1 unspecified atom stereocenters. The van der Waals surface area contributed by atoms with Gasteiger partial charge in [-0.1, -0.05) is 25.1 Å². The van der Waals surface area contributed by atoms with Crippen molar-refractivity contribution in [3.63, 3.8) is 0 Å². The quantitative estimate of drug-likeness (QED) is 0.578. The van der Waals surface area contributed by atoms with Crippen LogP contribution in [0.1, 0.15) is 51.3 Å². The molecule has 2 aliphatic heterocycles. The highest BCUT2D eigenvalue weighted by Gasteiger charge is 2.38. The van der Waals surface area contributed by atoms with Crippen molar-refractivity contribution >= 4 is 34.4 Å². The third-order valence-corrected chi connectivity index (χ3v) is 6.67. The predicted molar refractivity (Wildman–Crippen MR) is 127 cm³/mol.